The summed E-state index contributed by atoms with van der Waals surface area (Å²) in [5.74, 6) is 0. The first-order valence-corrected chi connectivity index (χ1v) is 14.9. The number of piperidine rings is 1. The van der Waals surface area contributed by atoms with Gasteiger partial charge in [0.2, 0.25) is 0 Å². The van der Waals surface area contributed by atoms with Crippen LogP contribution in [-0.2, 0) is 6.54 Å². The Morgan fingerprint density at radius 2 is 1.51 bits per heavy atom. The number of nitrogens with zero attached hydrogens (tertiary/aromatic N) is 3. The van der Waals surface area contributed by atoms with Crippen LogP contribution in [0.25, 0.3) is 21.8 Å². The first-order chi connectivity index (χ1) is 16.8. The van der Waals surface area contributed by atoms with Gasteiger partial charge < -0.3 is 4.57 Å². The van der Waals surface area contributed by atoms with Crippen LogP contribution in [0.5, 0.6) is 0 Å². The van der Waals surface area contributed by atoms with Crippen LogP contribution in [0.1, 0.15) is 58.1 Å². The fourth-order valence-corrected chi connectivity index (χ4v) is 10.3. The average molecular weight is 486 g/mol. The zero-order valence-electron chi connectivity index (χ0n) is 22.3. The number of rotatable bonds is 4. The maximum absolute atomic E-state index is 5.80. The van der Waals surface area contributed by atoms with Gasteiger partial charge in [0, 0.05) is 51.9 Å². The first kappa shape index (κ1) is 24.3. The molecule has 1 saturated heterocycles. The molecular formula is C31H40N3P. The molecule has 3 aromatic carbocycles. The van der Waals surface area contributed by atoms with E-state index >= 15 is 0 Å². The third kappa shape index (κ3) is 4.07. The van der Waals surface area contributed by atoms with Crippen LogP contribution in [-0.4, -0.2) is 27.5 Å². The van der Waals surface area contributed by atoms with Gasteiger partial charge in [-0.2, -0.15) is 0 Å². The monoisotopic (exact) mass is 485 g/mol. The molecule has 4 heteroatoms. The van der Waals surface area contributed by atoms with Crippen molar-refractivity contribution in [2.75, 3.05) is 13.1 Å². The maximum Gasteiger partial charge on any atom is 0.0720 e. The summed E-state index contributed by atoms with van der Waals surface area (Å²) >= 11 is 0. The number of aromatic nitrogens is 1. The van der Waals surface area contributed by atoms with Crippen molar-refractivity contribution in [2.24, 2.45) is 4.74 Å². The minimum atomic E-state index is -2.10. The van der Waals surface area contributed by atoms with Crippen molar-refractivity contribution in [2.45, 2.75) is 72.5 Å². The predicted molar refractivity (Wildman–Crippen MR) is 155 cm³/mol. The second-order valence-electron chi connectivity index (χ2n) is 11.1. The zero-order chi connectivity index (χ0) is 24.8. The van der Waals surface area contributed by atoms with Gasteiger partial charge in [0.05, 0.1) is 12.9 Å². The minimum Gasteiger partial charge on any atom is -0.341 e. The molecule has 0 bridgehead atoms. The van der Waals surface area contributed by atoms with Gasteiger partial charge in [-0.3, -0.25) is 4.67 Å². The molecule has 4 aromatic rings. The number of hydrogen-bond donors (Lipinski definition) is 0. The smallest absolute Gasteiger partial charge is 0.0720 e. The summed E-state index contributed by atoms with van der Waals surface area (Å²) in [5.41, 5.74) is 6.42. The van der Waals surface area contributed by atoms with Gasteiger partial charge in [0.1, 0.15) is 0 Å². The van der Waals surface area contributed by atoms with Gasteiger partial charge in [-0.25, -0.2) is 4.74 Å². The Morgan fingerprint density at radius 3 is 2.20 bits per heavy atom. The van der Waals surface area contributed by atoms with E-state index in [1.54, 1.807) is 0 Å². The van der Waals surface area contributed by atoms with Crippen LogP contribution in [0.4, 0.5) is 5.69 Å². The number of para-hydroxylation sites is 1. The third-order valence-electron chi connectivity index (χ3n) is 7.86. The lowest BCUT2D eigenvalue weighted by Gasteiger charge is -2.47. The topological polar surface area (TPSA) is 20.5 Å². The van der Waals surface area contributed by atoms with Crippen molar-refractivity contribution in [1.29, 1.82) is 0 Å². The van der Waals surface area contributed by atoms with E-state index in [4.69, 9.17) is 4.74 Å². The van der Waals surface area contributed by atoms with Crippen LogP contribution in [0.2, 0.25) is 0 Å². The van der Waals surface area contributed by atoms with Crippen molar-refractivity contribution in [1.82, 2.24) is 9.24 Å². The van der Waals surface area contributed by atoms with E-state index in [0.29, 0.717) is 0 Å². The lowest BCUT2D eigenvalue weighted by molar-refractivity contribution is 0.361. The summed E-state index contributed by atoms with van der Waals surface area (Å²) in [4.78, 5) is 0. The number of aryl methyl sites for hydroxylation is 3. The highest BCUT2D eigenvalue weighted by molar-refractivity contribution is 7.73. The van der Waals surface area contributed by atoms with Crippen LogP contribution in [0, 0.1) is 13.8 Å². The van der Waals surface area contributed by atoms with Crippen LogP contribution >= 0.6 is 7.21 Å². The Morgan fingerprint density at radius 1 is 0.800 bits per heavy atom. The SMILES string of the molecule is CCn1c2ccccc2c2cc([P@@](=Nc3ccc(C)c(C)c3)(N3CCCCC3)C(C)(C)C)ccc21. The Labute approximate surface area is 211 Å². The van der Waals surface area contributed by atoms with Gasteiger partial charge in [-0.05, 0) is 81.1 Å². The molecule has 35 heavy (non-hydrogen) atoms. The Balaban J connectivity index is 1.85. The van der Waals surface area contributed by atoms with Crippen LogP contribution in [0.3, 0.4) is 0 Å². The molecule has 0 amide bonds. The van der Waals surface area contributed by atoms with E-state index in [0.717, 1.165) is 25.3 Å². The molecule has 1 aliphatic heterocycles. The summed E-state index contributed by atoms with van der Waals surface area (Å²) in [6.07, 6.45) is 3.85. The highest BCUT2D eigenvalue weighted by Gasteiger charge is 2.41. The van der Waals surface area contributed by atoms with Gasteiger partial charge in [0.15, 0.2) is 0 Å². The van der Waals surface area contributed by atoms with Crippen molar-refractivity contribution < 1.29 is 0 Å². The quantitative estimate of drug-likeness (QED) is 0.265. The summed E-state index contributed by atoms with van der Waals surface area (Å²) in [6.45, 7) is 17.1. The lowest BCUT2D eigenvalue weighted by Crippen LogP contribution is -2.39. The molecular weight excluding hydrogens is 445 g/mol. The largest absolute Gasteiger partial charge is 0.341 e. The molecule has 0 N–H and O–H groups in total. The predicted octanol–water partition coefficient (Wildman–Crippen LogP) is 8.79. The van der Waals surface area contributed by atoms with E-state index in [9.17, 15) is 0 Å². The molecule has 184 valence electrons. The Kier molecular flexibility index (Phi) is 6.45. The molecule has 0 aliphatic carbocycles. The van der Waals surface area contributed by atoms with Crippen molar-refractivity contribution in [3.05, 3.63) is 71.8 Å². The van der Waals surface area contributed by atoms with Gasteiger partial charge in [0.25, 0.3) is 0 Å². The molecule has 0 radical (unpaired) electrons. The maximum atomic E-state index is 5.80. The summed E-state index contributed by atoms with van der Waals surface area (Å²) in [5, 5.41) is 4.14. The second-order valence-corrected chi connectivity index (χ2v) is 14.9. The zero-order valence-corrected chi connectivity index (χ0v) is 23.2. The summed E-state index contributed by atoms with van der Waals surface area (Å²) in [6, 6.07) is 22.9. The van der Waals surface area contributed by atoms with Crippen molar-refractivity contribution >= 4 is 40.0 Å². The highest BCUT2D eigenvalue weighted by Crippen LogP contribution is 2.65. The Bertz CT molecular complexity index is 1430. The molecule has 2 heterocycles. The standard InChI is InChI=1S/C31H40N3P/c1-7-34-29-14-10-9-13-27(29)28-22-26(17-18-30(28)34)35(31(4,5)6,33-19-11-8-12-20-33)32-25-16-15-23(2)24(3)21-25/h9-10,13-18,21-22H,7-8,11-12,19-20H2,1-6H3/t35-/m1/s1. The number of hydrogen-bond acceptors (Lipinski definition) is 1. The van der Waals surface area contributed by atoms with E-state index in [-0.39, 0.29) is 5.16 Å². The fourth-order valence-electron chi connectivity index (χ4n) is 5.94. The molecule has 5 rings (SSSR count). The molecule has 3 nitrogen and oxygen atoms in total. The summed E-state index contributed by atoms with van der Waals surface area (Å²) in [7, 11) is -2.10. The molecule has 1 fully saturated rings. The molecule has 1 atom stereocenters. The minimum absolute atomic E-state index is 0.0138. The average Bonchev–Trinajstić information content (AvgIpc) is 3.17. The number of fused-ring (bicyclic) bond motifs is 3. The highest BCUT2D eigenvalue weighted by atomic mass is 31.2. The summed E-state index contributed by atoms with van der Waals surface area (Å²) < 4.78 is 11.0. The fraction of sp³-hybridized carbons (Fsp3) is 0.419. The normalized spacial score (nSPS) is 17.1. The van der Waals surface area contributed by atoms with Crippen molar-refractivity contribution in [3.8, 4) is 0 Å². The van der Waals surface area contributed by atoms with E-state index in [2.05, 4.69) is 111 Å². The van der Waals surface area contributed by atoms with Crippen LogP contribution in [0.15, 0.2) is 65.4 Å². The van der Waals surface area contributed by atoms with Crippen LogP contribution < -0.4 is 5.30 Å². The molecule has 1 aromatic heterocycles. The molecule has 0 unspecified atom stereocenters. The van der Waals surface area contributed by atoms with E-state index in [1.807, 2.05) is 0 Å². The van der Waals surface area contributed by atoms with E-state index < -0.39 is 7.21 Å². The Hall–Kier alpha value is -2.35. The van der Waals surface area contributed by atoms with Crippen molar-refractivity contribution in [3.63, 3.8) is 0 Å². The first-order valence-electron chi connectivity index (χ1n) is 13.2. The third-order valence-corrected chi connectivity index (χ3v) is 12.5. The lowest BCUT2D eigenvalue weighted by atomic mass is 10.1. The van der Waals surface area contributed by atoms with Gasteiger partial charge in [-0.15, -0.1) is 0 Å². The number of benzene rings is 3. The molecule has 0 spiro atoms. The van der Waals surface area contributed by atoms with Gasteiger partial charge in [-0.1, -0.05) is 51.5 Å². The van der Waals surface area contributed by atoms with Gasteiger partial charge >= 0.3 is 0 Å². The molecule has 1 aliphatic rings. The van der Waals surface area contributed by atoms with E-state index in [1.165, 1.54) is 57.5 Å². The second kappa shape index (κ2) is 9.26. The molecule has 0 saturated carbocycles.